The predicted molar refractivity (Wildman–Crippen MR) is 118 cm³/mol. The molecule has 0 fully saturated rings. The highest BCUT2D eigenvalue weighted by atomic mass is 35.5. The molecule has 4 aromatic rings. The Balaban J connectivity index is 1.43. The van der Waals surface area contributed by atoms with Crippen LogP contribution in [-0.4, -0.2) is 20.8 Å². The maximum Gasteiger partial charge on any atom is 0.278 e. The lowest BCUT2D eigenvalue weighted by Gasteiger charge is -2.07. The third-order valence-corrected chi connectivity index (χ3v) is 5.16. The number of aromatic nitrogens is 3. The fourth-order valence-electron chi connectivity index (χ4n) is 2.96. The summed E-state index contributed by atoms with van der Waals surface area (Å²) in [4.78, 5) is 12.8. The molecule has 0 saturated heterocycles. The topological polar surface area (TPSA) is 82.2 Å². The summed E-state index contributed by atoms with van der Waals surface area (Å²) in [5, 5.41) is 12.2. The van der Waals surface area contributed by atoms with Crippen LogP contribution >= 0.6 is 23.2 Å². The van der Waals surface area contributed by atoms with Gasteiger partial charge in [-0.05, 0) is 36.8 Å². The van der Waals surface area contributed by atoms with Gasteiger partial charge < -0.3 is 14.6 Å². The summed E-state index contributed by atoms with van der Waals surface area (Å²) >= 11 is 12.2. The van der Waals surface area contributed by atoms with Crippen molar-refractivity contribution in [1.29, 1.82) is 0 Å². The van der Waals surface area contributed by atoms with Gasteiger partial charge in [0.05, 0.1) is 24.0 Å². The number of rotatable bonds is 7. The van der Waals surface area contributed by atoms with E-state index < -0.39 is 5.91 Å². The number of aryl methyl sites for hydroxylation is 1. The molecular weight excluding hydrogens is 439 g/mol. The van der Waals surface area contributed by atoms with Crippen LogP contribution in [0.5, 0.6) is 5.75 Å². The van der Waals surface area contributed by atoms with Gasteiger partial charge in [-0.15, -0.1) is 0 Å². The molecule has 4 rings (SSSR count). The standard InChI is InChI=1S/C22H18Cl2N4O3/c1-14-19(13-30-18-7-4-6-16(23)9-18)21(27-31-14)22(29)26-17-10-25-28(12-17)11-15-5-2-3-8-20(15)24/h2-10,12H,11,13H2,1H3,(H,26,29). The third kappa shape index (κ3) is 5.07. The fraction of sp³-hybridized carbons (Fsp3) is 0.136. The predicted octanol–water partition coefficient (Wildman–Crippen LogP) is 5.37. The lowest BCUT2D eigenvalue weighted by atomic mass is 10.2. The molecule has 31 heavy (non-hydrogen) atoms. The Morgan fingerprint density at radius 3 is 2.84 bits per heavy atom. The van der Waals surface area contributed by atoms with Gasteiger partial charge in [-0.25, -0.2) is 0 Å². The molecule has 1 N–H and O–H groups in total. The molecule has 158 valence electrons. The van der Waals surface area contributed by atoms with Crippen molar-refractivity contribution in [3.05, 3.63) is 93.6 Å². The summed E-state index contributed by atoms with van der Waals surface area (Å²) in [5.74, 6) is 0.667. The highest BCUT2D eigenvalue weighted by Crippen LogP contribution is 2.22. The molecular formula is C22H18Cl2N4O3. The number of anilines is 1. The van der Waals surface area contributed by atoms with Crippen LogP contribution in [0, 0.1) is 6.92 Å². The first-order valence-corrected chi connectivity index (χ1v) is 10.2. The van der Waals surface area contributed by atoms with Crippen LogP contribution in [0.4, 0.5) is 5.69 Å². The number of carbonyl (C=O) groups excluding carboxylic acids is 1. The Bertz CT molecular complexity index is 1220. The second-order valence-electron chi connectivity index (χ2n) is 6.78. The maximum atomic E-state index is 12.8. The zero-order valence-corrected chi connectivity index (χ0v) is 18.0. The van der Waals surface area contributed by atoms with E-state index in [1.807, 2.05) is 24.3 Å². The lowest BCUT2D eigenvalue weighted by Crippen LogP contribution is -2.15. The normalized spacial score (nSPS) is 10.8. The van der Waals surface area contributed by atoms with Crippen molar-refractivity contribution in [3.63, 3.8) is 0 Å². The molecule has 1 amide bonds. The molecule has 0 atom stereocenters. The van der Waals surface area contributed by atoms with E-state index in [1.54, 1.807) is 48.3 Å². The van der Waals surface area contributed by atoms with Crippen molar-refractivity contribution >= 4 is 34.8 Å². The molecule has 0 saturated carbocycles. The minimum absolute atomic E-state index is 0.115. The van der Waals surface area contributed by atoms with Crippen LogP contribution in [0.15, 0.2) is 65.4 Å². The minimum Gasteiger partial charge on any atom is -0.489 e. The molecule has 0 radical (unpaired) electrons. The zero-order valence-electron chi connectivity index (χ0n) is 16.5. The van der Waals surface area contributed by atoms with Crippen LogP contribution in [-0.2, 0) is 13.2 Å². The second kappa shape index (κ2) is 9.24. The Hall–Kier alpha value is -3.29. The summed E-state index contributed by atoms with van der Waals surface area (Å²) in [6.07, 6.45) is 3.28. The molecule has 2 aromatic heterocycles. The van der Waals surface area contributed by atoms with Crippen LogP contribution < -0.4 is 10.1 Å². The van der Waals surface area contributed by atoms with Gasteiger partial charge in [0, 0.05) is 16.2 Å². The first-order valence-electron chi connectivity index (χ1n) is 9.40. The van der Waals surface area contributed by atoms with Gasteiger partial charge in [0.15, 0.2) is 5.69 Å². The number of nitrogens with one attached hydrogen (secondary N) is 1. The van der Waals surface area contributed by atoms with Crippen molar-refractivity contribution < 1.29 is 14.1 Å². The highest BCUT2D eigenvalue weighted by Gasteiger charge is 2.21. The first-order chi connectivity index (χ1) is 15.0. The van der Waals surface area contributed by atoms with E-state index in [2.05, 4.69) is 15.6 Å². The van der Waals surface area contributed by atoms with Crippen molar-refractivity contribution in [1.82, 2.24) is 14.9 Å². The van der Waals surface area contributed by atoms with Crippen molar-refractivity contribution in [2.24, 2.45) is 0 Å². The number of nitrogens with zero attached hydrogens (tertiary/aromatic N) is 3. The Labute approximate surface area is 188 Å². The second-order valence-corrected chi connectivity index (χ2v) is 7.63. The van der Waals surface area contributed by atoms with Crippen molar-refractivity contribution in [3.8, 4) is 5.75 Å². The maximum absolute atomic E-state index is 12.8. The quantitative estimate of drug-likeness (QED) is 0.404. The Morgan fingerprint density at radius 1 is 1.19 bits per heavy atom. The summed E-state index contributed by atoms with van der Waals surface area (Å²) in [6.45, 7) is 2.32. The number of amides is 1. The van der Waals surface area contributed by atoms with E-state index in [1.165, 1.54) is 0 Å². The molecule has 2 aromatic carbocycles. The van der Waals surface area contributed by atoms with E-state index in [-0.39, 0.29) is 12.3 Å². The van der Waals surface area contributed by atoms with Gasteiger partial charge in [-0.1, -0.05) is 52.6 Å². The Kier molecular flexibility index (Phi) is 6.25. The number of benzene rings is 2. The summed E-state index contributed by atoms with van der Waals surface area (Å²) in [5.41, 5.74) is 2.16. The van der Waals surface area contributed by atoms with E-state index >= 15 is 0 Å². The molecule has 0 spiro atoms. The summed E-state index contributed by atoms with van der Waals surface area (Å²) < 4.78 is 12.6. The SMILES string of the molecule is Cc1onc(C(=O)Nc2cnn(Cc3ccccc3Cl)c2)c1COc1cccc(Cl)c1. The van der Waals surface area contributed by atoms with Crippen LogP contribution in [0.2, 0.25) is 10.0 Å². The average Bonchev–Trinajstić information content (AvgIpc) is 3.34. The number of hydrogen-bond donors (Lipinski definition) is 1. The number of hydrogen-bond acceptors (Lipinski definition) is 5. The van der Waals surface area contributed by atoms with E-state index in [4.69, 9.17) is 32.5 Å². The lowest BCUT2D eigenvalue weighted by molar-refractivity contribution is 0.101. The molecule has 0 unspecified atom stereocenters. The van der Waals surface area contributed by atoms with E-state index in [9.17, 15) is 4.79 Å². The summed E-state index contributed by atoms with van der Waals surface area (Å²) in [6, 6.07) is 14.5. The third-order valence-electron chi connectivity index (χ3n) is 4.56. The molecule has 7 nitrogen and oxygen atoms in total. The van der Waals surface area contributed by atoms with Gasteiger partial charge in [-0.3, -0.25) is 9.48 Å². The minimum atomic E-state index is -0.418. The monoisotopic (exact) mass is 456 g/mol. The van der Waals surface area contributed by atoms with Crippen LogP contribution in [0.3, 0.4) is 0 Å². The molecule has 0 aliphatic heterocycles. The number of ether oxygens (including phenoxy) is 1. The molecule has 0 aliphatic carbocycles. The Morgan fingerprint density at radius 2 is 2.03 bits per heavy atom. The smallest absolute Gasteiger partial charge is 0.278 e. The van der Waals surface area contributed by atoms with Crippen molar-refractivity contribution in [2.75, 3.05) is 5.32 Å². The van der Waals surface area contributed by atoms with Gasteiger partial charge in [0.2, 0.25) is 0 Å². The van der Waals surface area contributed by atoms with Crippen molar-refractivity contribution in [2.45, 2.75) is 20.1 Å². The van der Waals surface area contributed by atoms with Crippen LogP contribution in [0.25, 0.3) is 0 Å². The van der Waals surface area contributed by atoms with Gasteiger partial charge in [0.25, 0.3) is 5.91 Å². The van der Waals surface area contributed by atoms with Gasteiger partial charge in [0.1, 0.15) is 18.1 Å². The fourth-order valence-corrected chi connectivity index (χ4v) is 3.33. The average molecular weight is 457 g/mol. The van der Waals surface area contributed by atoms with E-state index in [0.29, 0.717) is 39.4 Å². The molecule has 0 bridgehead atoms. The van der Waals surface area contributed by atoms with Gasteiger partial charge >= 0.3 is 0 Å². The number of halogens is 2. The first kappa shape index (κ1) is 21.0. The van der Waals surface area contributed by atoms with Gasteiger partial charge in [-0.2, -0.15) is 5.10 Å². The van der Waals surface area contributed by atoms with Crippen LogP contribution in [0.1, 0.15) is 27.4 Å². The highest BCUT2D eigenvalue weighted by molar-refractivity contribution is 6.31. The largest absolute Gasteiger partial charge is 0.489 e. The molecule has 0 aliphatic rings. The number of carbonyl (C=O) groups is 1. The molecule has 2 heterocycles. The molecule has 9 heteroatoms. The summed E-state index contributed by atoms with van der Waals surface area (Å²) in [7, 11) is 0. The zero-order chi connectivity index (χ0) is 21.8. The van der Waals surface area contributed by atoms with E-state index in [0.717, 1.165) is 5.56 Å².